The normalized spacial score (nSPS) is 20.7. The minimum absolute atomic E-state index is 0. The van der Waals surface area contributed by atoms with Crippen molar-refractivity contribution in [2.24, 2.45) is 0 Å². The van der Waals surface area contributed by atoms with Crippen LogP contribution in [0.1, 0.15) is 32.1 Å². The van der Waals surface area contributed by atoms with E-state index in [0.29, 0.717) is 0 Å². The predicted octanol–water partition coefficient (Wildman–Crippen LogP) is 2.04. The zero-order chi connectivity index (χ0) is 6.69. The number of hydrogen-bond donors (Lipinski definition) is 1. The van der Waals surface area contributed by atoms with Gasteiger partial charge in [0.2, 0.25) is 0 Å². The molecule has 0 heterocycles. The molecule has 1 saturated carbocycles. The van der Waals surface area contributed by atoms with Crippen molar-refractivity contribution in [1.82, 2.24) is 11.1 Å². The van der Waals surface area contributed by atoms with Crippen LogP contribution in [-0.2, 0) is 0 Å². The average molecular weight is 144 g/mol. The fourth-order valence-corrected chi connectivity index (χ4v) is 1.60. The van der Waals surface area contributed by atoms with Crippen LogP contribution >= 0.6 is 0 Å². The third-order valence-electron chi connectivity index (χ3n) is 2.30. The monoisotopic (exact) mass is 144 g/mol. The summed E-state index contributed by atoms with van der Waals surface area (Å²) in [5.74, 6) is 0. The van der Waals surface area contributed by atoms with Crippen molar-refractivity contribution in [1.29, 1.82) is 0 Å². The maximum Gasteiger partial charge on any atom is 0.00891 e. The highest BCUT2D eigenvalue weighted by atomic mass is 15.1. The second-order valence-electron chi connectivity index (χ2n) is 3.26. The molecule has 0 bridgehead atoms. The molecule has 0 spiro atoms. The van der Waals surface area contributed by atoms with E-state index in [4.69, 9.17) is 0 Å². The highest BCUT2D eigenvalue weighted by molar-refractivity contribution is 4.70. The first-order valence-corrected chi connectivity index (χ1v) is 3.97. The Morgan fingerprint density at radius 2 is 1.50 bits per heavy atom. The lowest BCUT2D eigenvalue weighted by molar-refractivity contribution is 0.229. The molecule has 1 aliphatic carbocycles. The first-order chi connectivity index (χ1) is 4.30. The van der Waals surface area contributed by atoms with E-state index >= 15 is 0 Å². The van der Waals surface area contributed by atoms with Crippen molar-refractivity contribution in [3.8, 4) is 0 Å². The van der Waals surface area contributed by atoms with Crippen molar-refractivity contribution >= 4 is 0 Å². The van der Waals surface area contributed by atoms with E-state index in [0.717, 1.165) is 6.04 Å². The number of nitrogens with zero attached hydrogens (tertiary/aromatic N) is 1. The summed E-state index contributed by atoms with van der Waals surface area (Å²) in [6, 6.07) is 0.888. The Balaban J connectivity index is 0.000000810. The third-order valence-corrected chi connectivity index (χ3v) is 2.30. The molecular formula is C8H20N2. The first-order valence-electron chi connectivity index (χ1n) is 3.97. The molecule has 0 aromatic rings. The van der Waals surface area contributed by atoms with Crippen molar-refractivity contribution in [3.05, 3.63) is 0 Å². The second-order valence-corrected chi connectivity index (χ2v) is 3.26. The molecular weight excluding hydrogens is 124 g/mol. The molecule has 0 unspecified atom stereocenters. The Morgan fingerprint density at radius 1 is 1.00 bits per heavy atom. The van der Waals surface area contributed by atoms with E-state index in [-0.39, 0.29) is 6.15 Å². The molecule has 0 aliphatic heterocycles. The topological polar surface area (TPSA) is 38.2 Å². The van der Waals surface area contributed by atoms with Crippen LogP contribution in [0.4, 0.5) is 0 Å². The molecule has 0 amide bonds. The molecule has 10 heavy (non-hydrogen) atoms. The summed E-state index contributed by atoms with van der Waals surface area (Å²) in [5.41, 5.74) is 0. The van der Waals surface area contributed by atoms with Gasteiger partial charge in [-0.25, -0.2) is 0 Å². The molecule has 3 N–H and O–H groups in total. The second kappa shape index (κ2) is 4.69. The Hall–Kier alpha value is -0.0800. The zero-order valence-corrected chi connectivity index (χ0v) is 7.27. The molecule has 2 heteroatoms. The quantitative estimate of drug-likeness (QED) is 0.611. The molecule has 0 radical (unpaired) electrons. The smallest absolute Gasteiger partial charge is 0.00891 e. The third kappa shape index (κ3) is 2.67. The van der Waals surface area contributed by atoms with Gasteiger partial charge >= 0.3 is 0 Å². The number of hydrogen-bond acceptors (Lipinski definition) is 2. The molecule has 1 rings (SSSR count). The van der Waals surface area contributed by atoms with Crippen LogP contribution < -0.4 is 6.15 Å². The van der Waals surface area contributed by atoms with E-state index in [9.17, 15) is 0 Å². The summed E-state index contributed by atoms with van der Waals surface area (Å²) < 4.78 is 0. The summed E-state index contributed by atoms with van der Waals surface area (Å²) in [4.78, 5) is 2.36. The van der Waals surface area contributed by atoms with Crippen molar-refractivity contribution in [2.45, 2.75) is 38.1 Å². The van der Waals surface area contributed by atoms with Gasteiger partial charge in [0, 0.05) is 6.04 Å². The highest BCUT2D eigenvalue weighted by Gasteiger charge is 2.13. The van der Waals surface area contributed by atoms with Gasteiger partial charge in [0.1, 0.15) is 0 Å². The summed E-state index contributed by atoms with van der Waals surface area (Å²) >= 11 is 0. The summed E-state index contributed by atoms with van der Waals surface area (Å²) in [6.07, 6.45) is 7.20. The maximum atomic E-state index is 2.36. The van der Waals surface area contributed by atoms with Gasteiger partial charge in [-0.15, -0.1) is 0 Å². The fourth-order valence-electron chi connectivity index (χ4n) is 1.60. The van der Waals surface area contributed by atoms with Crippen molar-refractivity contribution < 1.29 is 0 Å². The SMILES string of the molecule is CN(C)C1CCCCC1.N. The minimum Gasteiger partial charge on any atom is -0.344 e. The molecule has 62 valence electrons. The minimum atomic E-state index is 0. The van der Waals surface area contributed by atoms with E-state index in [1.807, 2.05) is 0 Å². The molecule has 1 aliphatic rings. The highest BCUT2D eigenvalue weighted by Crippen LogP contribution is 2.20. The van der Waals surface area contributed by atoms with Gasteiger partial charge in [0.25, 0.3) is 0 Å². The molecule has 2 nitrogen and oxygen atoms in total. The fraction of sp³-hybridized carbons (Fsp3) is 1.00. The van der Waals surface area contributed by atoms with Gasteiger partial charge in [-0.3, -0.25) is 0 Å². The summed E-state index contributed by atoms with van der Waals surface area (Å²) in [6.45, 7) is 0. The molecule has 0 aromatic heterocycles. The van der Waals surface area contributed by atoms with Crippen LogP contribution in [0.15, 0.2) is 0 Å². The van der Waals surface area contributed by atoms with E-state index in [2.05, 4.69) is 19.0 Å². The lowest BCUT2D eigenvalue weighted by Gasteiger charge is -2.27. The molecule has 0 atom stereocenters. The molecule has 0 saturated heterocycles. The van der Waals surface area contributed by atoms with Gasteiger partial charge in [0.05, 0.1) is 0 Å². The van der Waals surface area contributed by atoms with Crippen LogP contribution in [0.2, 0.25) is 0 Å². The lowest BCUT2D eigenvalue weighted by atomic mass is 9.95. The van der Waals surface area contributed by atoms with Crippen molar-refractivity contribution in [3.63, 3.8) is 0 Å². The van der Waals surface area contributed by atoms with Gasteiger partial charge < -0.3 is 11.1 Å². The van der Waals surface area contributed by atoms with Gasteiger partial charge in [-0.1, -0.05) is 19.3 Å². The lowest BCUT2D eigenvalue weighted by Crippen LogP contribution is -2.29. The predicted molar refractivity (Wildman–Crippen MR) is 45.6 cm³/mol. The van der Waals surface area contributed by atoms with Crippen LogP contribution in [0.25, 0.3) is 0 Å². The van der Waals surface area contributed by atoms with Gasteiger partial charge in [-0.2, -0.15) is 0 Å². The molecule has 1 fully saturated rings. The zero-order valence-electron chi connectivity index (χ0n) is 7.27. The van der Waals surface area contributed by atoms with Crippen LogP contribution in [0, 0.1) is 0 Å². The van der Waals surface area contributed by atoms with Crippen LogP contribution in [0.5, 0.6) is 0 Å². The Labute approximate surface area is 64.2 Å². The Morgan fingerprint density at radius 3 is 1.80 bits per heavy atom. The largest absolute Gasteiger partial charge is 0.344 e. The summed E-state index contributed by atoms with van der Waals surface area (Å²) in [7, 11) is 4.38. The average Bonchev–Trinajstić information content (AvgIpc) is 1.90. The Bertz CT molecular complexity index is 75.3. The van der Waals surface area contributed by atoms with Gasteiger partial charge in [-0.05, 0) is 26.9 Å². The van der Waals surface area contributed by atoms with Crippen molar-refractivity contribution in [2.75, 3.05) is 14.1 Å². The Kier molecular flexibility index (Phi) is 4.65. The summed E-state index contributed by atoms with van der Waals surface area (Å²) in [5, 5.41) is 0. The van der Waals surface area contributed by atoms with E-state index in [1.54, 1.807) is 0 Å². The van der Waals surface area contributed by atoms with Crippen LogP contribution in [0.3, 0.4) is 0 Å². The van der Waals surface area contributed by atoms with Gasteiger partial charge in [0.15, 0.2) is 0 Å². The van der Waals surface area contributed by atoms with Crippen LogP contribution in [-0.4, -0.2) is 25.0 Å². The maximum absolute atomic E-state index is 2.36. The molecule has 0 aromatic carbocycles. The van der Waals surface area contributed by atoms with E-state index in [1.165, 1.54) is 32.1 Å². The standard InChI is InChI=1S/C8H17N.H3N/c1-9(2)8-6-4-3-5-7-8;/h8H,3-7H2,1-2H3;1H3. The first kappa shape index (κ1) is 9.92. The number of rotatable bonds is 1. The van der Waals surface area contributed by atoms with E-state index < -0.39 is 0 Å².